The Morgan fingerprint density at radius 1 is 1.73 bits per heavy atom. The van der Waals surface area contributed by atoms with E-state index in [9.17, 15) is 0 Å². The van der Waals surface area contributed by atoms with Crippen LogP contribution in [0, 0.1) is 5.92 Å². The first kappa shape index (κ1) is 7.25. The Hall–Kier alpha value is -0.410. The van der Waals surface area contributed by atoms with Crippen LogP contribution in [0.3, 0.4) is 0 Å². The molecule has 0 radical (unpaired) electrons. The van der Waals surface area contributed by atoms with E-state index in [1.54, 1.807) is 11.3 Å². The molecule has 1 aromatic rings. The molecule has 11 heavy (non-hydrogen) atoms. The van der Waals surface area contributed by atoms with Gasteiger partial charge in [0.1, 0.15) is 0 Å². The Morgan fingerprint density at radius 3 is 3.09 bits per heavy atom. The minimum absolute atomic E-state index is 0.189. The Morgan fingerprint density at radius 2 is 2.55 bits per heavy atom. The quantitative estimate of drug-likeness (QED) is 0.749. The van der Waals surface area contributed by atoms with E-state index in [1.807, 2.05) is 10.9 Å². The number of nitrogens with zero attached hydrogens (tertiary/aromatic N) is 1. The molecule has 60 valence electrons. The third kappa shape index (κ3) is 1.79. The summed E-state index contributed by atoms with van der Waals surface area (Å²) in [5.41, 5.74) is 8.85. The van der Waals surface area contributed by atoms with Crippen LogP contribution in [-0.4, -0.2) is 4.98 Å². The summed E-state index contributed by atoms with van der Waals surface area (Å²) in [5, 5.41) is 2.05. The van der Waals surface area contributed by atoms with E-state index in [1.165, 1.54) is 12.8 Å². The molecule has 1 aliphatic rings. The Balaban J connectivity index is 1.93. The fourth-order valence-corrected chi connectivity index (χ4v) is 1.86. The van der Waals surface area contributed by atoms with Gasteiger partial charge in [-0.25, -0.2) is 4.98 Å². The average molecular weight is 168 g/mol. The minimum atomic E-state index is 0.189. The van der Waals surface area contributed by atoms with Crippen molar-refractivity contribution < 1.29 is 0 Å². The van der Waals surface area contributed by atoms with Crippen LogP contribution in [0.5, 0.6) is 0 Å². The number of rotatable bonds is 3. The molecule has 0 aliphatic heterocycles. The maximum Gasteiger partial charge on any atom is 0.0795 e. The van der Waals surface area contributed by atoms with Gasteiger partial charge in [0.05, 0.1) is 11.2 Å². The van der Waals surface area contributed by atoms with E-state index < -0.39 is 0 Å². The number of hydrogen-bond acceptors (Lipinski definition) is 3. The predicted octanol–water partition coefficient (Wildman–Crippen LogP) is 1.94. The van der Waals surface area contributed by atoms with Crippen molar-refractivity contribution in [1.29, 1.82) is 0 Å². The highest BCUT2D eigenvalue weighted by molar-refractivity contribution is 7.07. The molecule has 1 saturated carbocycles. The van der Waals surface area contributed by atoms with Crippen LogP contribution in [0.4, 0.5) is 0 Å². The molecule has 2 nitrogen and oxygen atoms in total. The fourth-order valence-electron chi connectivity index (χ4n) is 1.24. The second kappa shape index (κ2) is 2.91. The molecule has 1 atom stereocenters. The zero-order chi connectivity index (χ0) is 7.68. The van der Waals surface area contributed by atoms with Gasteiger partial charge in [0, 0.05) is 11.4 Å². The third-order valence-corrected chi connectivity index (χ3v) is 2.72. The SMILES string of the molecule is NC(CC1CC1)c1cscn1. The maximum atomic E-state index is 5.92. The largest absolute Gasteiger partial charge is 0.323 e. The van der Waals surface area contributed by atoms with Crippen LogP contribution < -0.4 is 5.73 Å². The molecular weight excluding hydrogens is 156 g/mol. The van der Waals surface area contributed by atoms with Gasteiger partial charge in [-0.15, -0.1) is 11.3 Å². The summed E-state index contributed by atoms with van der Waals surface area (Å²) >= 11 is 1.62. The van der Waals surface area contributed by atoms with Crippen LogP contribution >= 0.6 is 11.3 Å². The van der Waals surface area contributed by atoms with Crippen LogP contribution in [0.25, 0.3) is 0 Å². The lowest BCUT2D eigenvalue weighted by atomic mass is 10.1. The number of hydrogen-bond donors (Lipinski definition) is 1. The number of aromatic nitrogens is 1. The molecule has 3 heteroatoms. The van der Waals surface area contributed by atoms with Crippen molar-refractivity contribution in [1.82, 2.24) is 4.98 Å². The van der Waals surface area contributed by atoms with Crippen LogP contribution in [-0.2, 0) is 0 Å². The molecule has 1 fully saturated rings. The van der Waals surface area contributed by atoms with Crippen molar-refractivity contribution in [2.75, 3.05) is 0 Å². The predicted molar refractivity (Wildman–Crippen MR) is 46.4 cm³/mol. The lowest BCUT2D eigenvalue weighted by Gasteiger charge is -2.05. The monoisotopic (exact) mass is 168 g/mol. The van der Waals surface area contributed by atoms with Gasteiger partial charge in [-0.2, -0.15) is 0 Å². The summed E-state index contributed by atoms with van der Waals surface area (Å²) in [5.74, 6) is 0.895. The second-order valence-electron chi connectivity index (χ2n) is 3.20. The Kier molecular flexibility index (Phi) is 1.92. The first-order chi connectivity index (χ1) is 5.36. The van der Waals surface area contributed by atoms with Gasteiger partial charge in [0.15, 0.2) is 0 Å². The van der Waals surface area contributed by atoms with E-state index in [0.717, 1.165) is 18.0 Å². The summed E-state index contributed by atoms with van der Waals surface area (Å²) < 4.78 is 0. The van der Waals surface area contributed by atoms with Gasteiger partial charge in [-0.3, -0.25) is 0 Å². The van der Waals surface area contributed by atoms with Gasteiger partial charge in [0.2, 0.25) is 0 Å². The third-order valence-electron chi connectivity index (χ3n) is 2.12. The molecular formula is C8H12N2S. The van der Waals surface area contributed by atoms with Crippen molar-refractivity contribution in [2.24, 2.45) is 11.7 Å². The maximum absolute atomic E-state index is 5.92. The van der Waals surface area contributed by atoms with Crippen molar-refractivity contribution in [3.63, 3.8) is 0 Å². The molecule has 1 aromatic heterocycles. The van der Waals surface area contributed by atoms with E-state index in [2.05, 4.69) is 4.98 Å². The van der Waals surface area contributed by atoms with Crippen LogP contribution in [0.15, 0.2) is 10.9 Å². The standard InChI is InChI=1S/C8H12N2S/c9-7(3-6-1-2-6)8-4-11-5-10-8/h4-7H,1-3,9H2. The average Bonchev–Trinajstić information content (AvgIpc) is 2.67. The molecule has 2 N–H and O–H groups in total. The summed E-state index contributed by atoms with van der Waals surface area (Å²) in [6.45, 7) is 0. The van der Waals surface area contributed by atoms with Crippen molar-refractivity contribution in [3.8, 4) is 0 Å². The zero-order valence-electron chi connectivity index (χ0n) is 6.36. The highest BCUT2D eigenvalue weighted by atomic mass is 32.1. The van der Waals surface area contributed by atoms with Gasteiger partial charge in [0.25, 0.3) is 0 Å². The molecule has 1 unspecified atom stereocenters. The van der Waals surface area contributed by atoms with E-state index in [4.69, 9.17) is 5.73 Å². The molecule has 0 spiro atoms. The van der Waals surface area contributed by atoms with Gasteiger partial charge >= 0.3 is 0 Å². The molecule has 0 amide bonds. The normalized spacial score (nSPS) is 20.1. The van der Waals surface area contributed by atoms with Gasteiger partial charge in [-0.1, -0.05) is 12.8 Å². The molecule has 0 aromatic carbocycles. The zero-order valence-corrected chi connectivity index (χ0v) is 7.18. The molecule has 0 saturated heterocycles. The molecule has 1 aliphatic carbocycles. The highest BCUT2D eigenvalue weighted by Crippen LogP contribution is 2.36. The summed E-state index contributed by atoms with van der Waals surface area (Å²) in [4.78, 5) is 4.19. The topological polar surface area (TPSA) is 38.9 Å². The summed E-state index contributed by atoms with van der Waals surface area (Å²) in [6, 6.07) is 0.189. The smallest absolute Gasteiger partial charge is 0.0795 e. The lowest BCUT2D eigenvalue weighted by molar-refractivity contribution is 0.586. The molecule has 1 heterocycles. The van der Waals surface area contributed by atoms with Gasteiger partial charge < -0.3 is 5.73 Å². The lowest BCUT2D eigenvalue weighted by Crippen LogP contribution is -2.10. The first-order valence-electron chi connectivity index (χ1n) is 4.00. The minimum Gasteiger partial charge on any atom is -0.323 e. The number of nitrogens with two attached hydrogens (primary N) is 1. The Labute approximate surface area is 70.5 Å². The van der Waals surface area contributed by atoms with E-state index in [-0.39, 0.29) is 6.04 Å². The van der Waals surface area contributed by atoms with E-state index >= 15 is 0 Å². The van der Waals surface area contributed by atoms with Crippen molar-refractivity contribution in [3.05, 3.63) is 16.6 Å². The highest BCUT2D eigenvalue weighted by Gasteiger charge is 2.24. The molecule has 0 bridgehead atoms. The van der Waals surface area contributed by atoms with Crippen LogP contribution in [0.2, 0.25) is 0 Å². The second-order valence-corrected chi connectivity index (χ2v) is 3.92. The van der Waals surface area contributed by atoms with E-state index in [0.29, 0.717) is 0 Å². The Bertz CT molecular complexity index is 216. The molecule has 2 rings (SSSR count). The number of thiazole rings is 1. The van der Waals surface area contributed by atoms with Gasteiger partial charge in [-0.05, 0) is 12.3 Å². The van der Waals surface area contributed by atoms with Crippen molar-refractivity contribution >= 4 is 11.3 Å². The summed E-state index contributed by atoms with van der Waals surface area (Å²) in [7, 11) is 0. The summed E-state index contributed by atoms with van der Waals surface area (Å²) in [6.07, 6.45) is 3.87. The van der Waals surface area contributed by atoms with Crippen LogP contribution in [0.1, 0.15) is 31.0 Å². The fraction of sp³-hybridized carbons (Fsp3) is 0.625. The first-order valence-corrected chi connectivity index (χ1v) is 4.94. The van der Waals surface area contributed by atoms with Crippen molar-refractivity contribution in [2.45, 2.75) is 25.3 Å².